The zero-order valence-electron chi connectivity index (χ0n) is 6.89. The normalized spacial score (nSPS) is 10.0. The summed E-state index contributed by atoms with van der Waals surface area (Å²) in [5, 5.41) is 0. The molecule has 0 saturated heterocycles. The fourth-order valence-electron chi connectivity index (χ4n) is 1.02. The number of aryl methyl sites for hydroxylation is 1. The van der Waals surface area contributed by atoms with Gasteiger partial charge in [-0.25, -0.2) is 0 Å². The van der Waals surface area contributed by atoms with Crippen molar-refractivity contribution in [2.24, 2.45) is 0 Å². The lowest BCUT2D eigenvalue weighted by molar-refractivity contribution is 1.24. The molecule has 0 N–H and O–H groups in total. The fourth-order valence-corrected chi connectivity index (χ4v) is 2.92. The zero-order valence-corrected chi connectivity index (χ0v) is 8.52. The minimum Gasteiger partial charge on any atom is -0.134 e. The Bertz CT molecular complexity index is 248. The molecule has 0 aliphatic heterocycles. The van der Waals surface area contributed by atoms with Crippen LogP contribution in [0.25, 0.3) is 0 Å². The predicted octanol–water partition coefficient (Wildman–Crippen LogP) is 3.51. The summed E-state index contributed by atoms with van der Waals surface area (Å²) < 4.78 is 1.43. The highest BCUT2D eigenvalue weighted by Gasteiger charge is 2.02. The van der Waals surface area contributed by atoms with Gasteiger partial charge in [-0.15, -0.1) is 29.7 Å². The van der Waals surface area contributed by atoms with Crippen molar-refractivity contribution in [3.63, 3.8) is 0 Å². The Morgan fingerprint density at radius 2 is 2.45 bits per heavy atom. The maximum absolute atomic E-state index is 3.74. The van der Waals surface area contributed by atoms with E-state index in [1.807, 2.05) is 29.2 Å². The van der Waals surface area contributed by atoms with Crippen molar-refractivity contribution in [2.45, 2.75) is 17.6 Å². The first-order chi connectivity index (χ1) is 5.27. The first kappa shape index (κ1) is 8.88. The summed E-state index contributed by atoms with van der Waals surface area (Å²) >= 11 is 3.70. The van der Waals surface area contributed by atoms with E-state index < -0.39 is 0 Å². The van der Waals surface area contributed by atoms with E-state index in [0.717, 1.165) is 6.42 Å². The summed E-state index contributed by atoms with van der Waals surface area (Å²) in [5.41, 5.74) is 1.43. The fraction of sp³-hybridized carbons (Fsp3) is 0.333. The lowest BCUT2D eigenvalue weighted by Crippen LogP contribution is -1.76. The minimum absolute atomic E-state index is 1.00. The third-order valence-electron chi connectivity index (χ3n) is 1.44. The Labute approximate surface area is 76.3 Å². The molecule has 0 nitrogen and oxygen atoms in total. The molecule has 0 bridgehead atoms. The van der Waals surface area contributed by atoms with E-state index in [0.29, 0.717) is 0 Å². The second-order valence-corrected chi connectivity index (χ2v) is 4.70. The van der Waals surface area contributed by atoms with Crippen LogP contribution in [0.4, 0.5) is 0 Å². The van der Waals surface area contributed by atoms with E-state index in [1.165, 1.54) is 14.6 Å². The summed E-state index contributed by atoms with van der Waals surface area (Å²) in [6, 6.07) is 2.25. The third kappa shape index (κ3) is 2.11. The van der Waals surface area contributed by atoms with Gasteiger partial charge < -0.3 is 0 Å². The van der Waals surface area contributed by atoms with Gasteiger partial charge in [0.1, 0.15) is 0 Å². The second-order valence-electron chi connectivity index (χ2n) is 2.37. The van der Waals surface area contributed by atoms with Gasteiger partial charge in [0.15, 0.2) is 0 Å². The van der Waals surface area contributed by atoms with Gasteiger partial charge in [-0.05, 0) is 31.2 Å². The molecule has 0 aromatic carbocycles. The zero-order chi connectivity index (χ0) is 8.27. The van der Waals surface area contributed by atoms with Crippen LogP contribution in [0.3, 0.4) is 0 Å². The van der Waals surface area contributed by atoms with Gasteiger partial charge in [-0.3, -0.25) is 0 Å². The number of thiophene rings is 1. The van der Waals surface area contributed by atoms with Crippen LogP contribution in [-0.4, -0.2) is 6.26 Å². The Kier molecular flexibility index (Phi) is 3.21. The van der Waals surface area contributed by atoms with Crippen LogP contribution in [-0.2, 0) is 6.42 Å². The molecule has 0 aliphatic rings. The van der Waals surface area contributed by atoms with Crippen molar-refractivity contribution in [3.05, 3.63) is 29.2 Å². The van der Waals surface area contributed by atoms with Gasteiger partial charge in [0, 0.05) is 4.88 Å². The molecule has 0 unspecified atom stereocenters. The minimum atomic E-state index is 1.00. The summed E-state index contributed by atoms with van der Waals surface area (Å²) in [4.78, 5) is 1.39. The largest absolute Gasteiger partial charge is 0.134 e. The number of thioether (sulfide) groups is 1. The predicted molar refractivity (Wildman–Crippen MR) is 54.7 cm³/mol. The van der Waals surface area contributed by atoms with Crippen molar-refractivity contribution in [1.82, 2.24) is 0 Å². The average Bonchev–Trinajstić information content (AvgIpc) is 2.32. The summed E-state index contributed by atoms with van der Waals surface area (Å²) in [5.74, 6) is 0. The van der Waals surface area contributed by atoms with Gasteiger partial charge in [0.05, 0.1) is 4.21 Å². The molecule has 1 heterocycles. The highest BCUT2D eigenvalue weighted by Crippen LogP contribution is 2.30. The van der Waals surface area contributed by atoms with Crippen LogP contribution in [0.1, 0.15) is 10.4 Å². The molecule has 0 fully saturated rings. The maximum Gasteiger partial charge on any atom is 0.0633 e. The van der Waals surface area contributed by atoms with Crippen molar-refractivity contribution >= 4 is 23.1 Å². The van der Waals surface area contributed by atoms with E-state index in [1.54, 1.807) is 0 Å². The molecule has 0 aliphatic carbocycles. The lowest BCUT2D eigenvalue weighted by Gasteiger charge is -1.93. The quantitative estimate of drug-likeness (QED) is 0.512. The number of hydrogen-bond acceptors (Lipinski definition) is 2. The summed E-state index contributed by atoms with van der Waals surface area (Å²) in [7, 11) is 0. The van der Waals surface area contributed by atoms with Crippen molar-refractivity contribution in [3.8, 4) is 0 Å². The smallest absolute Gasteiger partial charge is 0.0633 e. The summed E-state index contributed by atoms with van der Waals surface area (Å²) in [6.07, 6.45) is 5.08. The molecule has 1 aromatic heterocycles. The van der Waals surface area contributed by atoms with Crippen molar-refractivity contribution < 1.29 is 0 Å². The Morgan fingerprint density at radius 3 is 3.00 bits per heavy atom. The molecule has 0 amide bonds. The summed E-state index contributed by atoms with van der Waals surface area (Å²) in [6.45, 7) is 5.89. The molecule has 0 spiro atoms. The number of rotatable bonds is 3. The van der Waals surface area contributed by atoms with Gasteiger partial charge in [-0.2, -0.15) is 0 Å². The van der Waals surface area contributed by atoms with Gasteiger partial charge in [-0.1, -0.05) is 6.08 Å². The molecular formula is C9H12S2. The van der Waals surface area contributed by atoms with E-state index >= 15 is 0 Å². The van der Waals surface area contributed by atoms with Crippen LogP contribution < -0.4 is 0 Å². The Balaban J connectivity index is 2.91. The van der Waals surface area contributed by atoms with Gasteiger partial charge in [0.2, 0.25) is 0 Å². The van der Waals surface area contributed by atoms with Crippen LogP contribution >= 0.6 is 23.1 Å². The molecule has 1 aromatic rings. The standard InChI is InChI=1S/C9H12S2/c1-4-5-8-6-7(2)11-9(8)10-3/h4,6H,1,5H2,2-3H3. The van der Waals surface area contributed by atoms with E-state index in [-0.39, 0.29) is 0 Å². The maximum atomic E-state index is 3.74. The molecular weight excluding hydrogens is 172 g/mol. The third-order valence-corrected chi connectivity index (χ3v) is 3.71. The van der Waals surface area contributed by atoms with E-state index in [4.69, 9.17) is 0 Å². The SMILES string of the molecule is C=CCc1cc(C)sc1SC. The van der Waals surface area contributed by atoms with Crippen LogP contribution in [0.5, 0.6) is 0 Å². The molecule has 0 atom stereocenters. The molecule has 1 rings (SSSR count). The highest BCUT2D eigenvalue weighted by atomic mass is 32.2. The highest BCUT2D eigenvalue weighted by molar-refractivity contribution is 8.00. The van der Waals surface area contributed by atoms with Gasteiger partial charge in [0.25, 0.3) is 0 Å². The molecule has 0 saturated carbocycles. The van der Waals surface area contributed by atoms with Crippen molar-refractivity contribution in [2.75, 3.05) is 6.26 Å². The number of hydrogen-bond donors (Lipinski definition) is 0. The first-order valence-corrected chi connectivity index (χ1v) is 5.56. The van der Waals surface area contributed by atoms with E-state index in [9.17, 15) is 0 Å². The van der Waals surface area contributed by atoms with Gasteiger partial charge >= 0.3 is 0 Å². The monoisotopic (exact) mass is 184 g/mol. The molecule has 11 heavy (non-hydrogen) atoms. The first-order valence-electron chi connectivity index (χ1n) is 3.52. The van der Waals surface area contributed by atoms with Crippen LogP contribution in [0, 0.1) is 6.92 Å². The molecule has 60 valence electrons. The Hall–Kier alpha value is -0.210. The topological polar surface area (TPSA) is 0 Å². The second kappa shape index (κ2) is 3.98. The molecule has 2 heteroatoms. The Morgan fingerprint density at radius 1 is 1.73 bits per heavy atom. The van der Waals surface area contributed by atoms with E-state index in [2.05, 4.69) is 25.8 Å². The average molecular weight is 184 g/mol. The van der Waals surface area contributed by atoms with Crippen molar-refractivity contribution in [1.29, 1.82) is 0 Å². The molecule has 0 radical (unpaired) electrons. The van der Waals surface area contributed by atoms with Crippen LogP contribution in [0.15, 0.2) is 22.9 Å². The van der Waals surface area contributed by atoms with Crippen LogP contribution in [0.2, 0.25) is 0 Å². The number of allylic oxidation sites excluding steroid dienone is 1. The lowest BCUT2D eigenvalue weighted by atomic mass is 10.2.